The molecule has 0 radical (unpaired) electrons. The number of hydrogen-bond donors (Lipinski definition) is 1. The number of rotatable bonds is 1. The van der Waals surface area contributed by atoms with Crippen LogP contribution in [0.25, 0.3) is 11.3 Å². The van der Waals surface area contributed by atoms with Crippen LogP contribution in [0.15, 0.2) is 36.5 Å². The van der Waals surface area contributed by atoms with Crippen LogP contribution in [0.5, 0.6) is 5.75 Å². The van der Waals surface area contributed by atoms with Gasteiger partial charge in [-0.25, -0.2) is 4.39 Å². The smallest absolute Gasteiger partial charge is 0.141 e. The Kier molecular flexibility index (Phi) is 2.52. The lowest BCUT2D eigenvalue weighted by atomic mass is 10.1. The number of aromatic nitrogens is 1. The molecule has 2 rings (SSSR count). The zero-order chi connectivity index (χ0) is 11.5. The van der Waals surface area contributed by atoms with Crippen LogP contribution in [0.1, 0.15) is 5.56 Å². The van der Waals surface area contributed by atoms with Crippen LogP contribution in [0.3, 0.4) is 0 Å². The van der Waals surface area contributed by atoms with Crippen molar-refractivity contribution in [2.75, 3.05) is 0 Å². The molecule has 0 atom stereocenters. The second-order valence-corrected chi connectivity index (χ2v) is 3.18. The lowest BCUT2D eigenvalue weighted by Crippen LogP contribution is -1.89. The average molecular weight is 214 g/mol. The van der Waals surface area contributed by atoms with Gasteiger partial charge in [0.1, 0.15) is 17.3 Å². The van der Waals surface area contributed by atoms with Crippen LogP contribution in [-0.2, 0) is 0 Å². The van der Waals surface area contributed by atoms with Gasteiger partial charge in [0.05, 0.1) is 11.6 Å². The predicted octanol–water partition coefficient (Wildman–Crippen LogP) is 2.46. The first-order chi connectivity index (χ1) is 7.72. The predicted molar refractivity (Wildman–Crippen MR) is 56.0 cm³/mol. The van der Waals surface area contributed by atoms with Crippen LogP contribution >= 0.6 is 0 Å². The lowest BCUT2D eigenvalue weighted by molar-refractivity contribution is 0.474. The molecule has 1 aromatic carbocycles. The van der Waals surface area contributed by atoms with E-state index in [1.54, 1.807) is 6.07 Å². The number of nitrogens with zero attached hydrogens (tertiary/aromatic N) is 2. The van der Waals surface area contributed by atoms with E-state index in [0.717, 1.165) is 0 Å². The van der Waals surface area contributed by atoms with Crippen LogP contribution < -0.4 is 0 Å². The second-order valence-electron chi connectivity index (χ2n) is 3.18. The Hall–Kier alpha value is -2.41. The minimum Gasteiger partial charge on any atom is -0.506 e. The summed E-state index contributed by atoms with van der Waals surface area (Å²) in [5.74, 6) is -0.635. The SMILES string of the molecule is N#Cc1ccc(F)c(-c2ncccc2O)c1. The summed E-state index contributed by atoms with van der Waals surface area (Å²) in [5, 5.41) is 18.3. The molecule has 0 fully saturated rings. The highest BCUT2D eigenvalue weighted by atomic mass is 19.1. The van der Waals surface area contributed by atoms with Gasteiger partial charge in [0.25, 0.3) is 0 Å². The van der Waals surface area contributed by atoms with Gasteiger partial charge >= 0.3 is 0 Å². The Morgan fingerprint density at radius 3 is 2.81 bits per heavy atom. The van der Waals surface area contributed by atoms with Crippen LogP contribution in [0.4, 0.5) is 4.39 Å². The van der Waals surface area contributed by atoms with E-state index in [4.69, 9.17) is 5.26 Å². The monoisotopic (exact) mass is 214 g/mol. The van der Waals surface area contributed by atoms with Crippen molar-refractivity contribution >= 4 is 0 Å². The summed E-state index contributed by atoms with van der Waals surface area (Å²) in [6, 6.07) is 8.79. The number of halogens is 1. The molecule has 78 valence electrons. The molecule has 0 amide bonds. The van der Waals surface area contributed by atoms with Gasteiger partial charge in [-0.15, -0.1) is 0 Å². The first kappa shape index (κ1) is 10.1. The number of hydrogen-bond acceptors (Lipinski definition) is 3. The molecule has 0 aliphatic rings. The number of aromatic hydroxyl groups is 1. The van der Waals surface area contributed by atoms with E-state index in [1.165, 1.54) is 30.5 Å². The van der Waals surface area contributed by atoms with Crippen LogP contribution in [0, 0.1) is 17.1 Å². The van der Waals surface area contributed by atoms with Crippen molar-refractivity contribution in [3.05, 3.63) is 47.9 Å². The van der Waals surface area contributed by atoms with E-state index in [2.05, 4.69) is 4.98 Å². The molecule has 1 N–H and O–H groups in total. The quantitative estimate of drug-likeness (QED) is 0.793. The average Bonchev–Trinajstić information content (AvgIpc) is 2.31. The molecule has 0 aliphatic carbocycles. The number of nitriles is 1. The van der Waals surface area contributed by atoms with Crippen molar-refractivity contribution < 1.29 is 9.50 Å². The largest absolute Gasteiger partial charge is 0.506 e. The fourth-order valence-electron chi connectivity index (χ4n) is 1.38. The van der Waals surface area contributed by atoms with Gasteiger partial charge < -0.3 is 5.11 Å². The summed E-state index contributed by atoms with van der Waals surface area (Å²) in [7, 11) is 0. The second kappa shape index (κ2) is 3.99. The zero-order valence-electron chi connectivity index (χ0n) is 8.18. The van der Waals surface area contributed by atoms with E-state index < -0.39 is 5.82 Å². The molecule has 0 saturated carbocycles. The zero-order valence-corrected chi connectivity index (χ0v) is 8.18. The summed E-state index contributed by atoms with van der Waals surface area (Å²) in [6.07, 6.45) is 1.45. The Labute approximate surface area is 91.4 Å². The Morgan fingerprint density at radius 2 is 2.12 bits per heavy atom. The first-order valence-corrected chi connectivity index (χ1v) is 4.56. The minimum absolute atomic E-state index is 0.114. The number of benzene rings is 1. The van der Waals surface area contributed by atoms with Gasteiger partial charge in [0, 0.05) is 11.8 Å². The van der Waals surface area contributed by atoms with Crippen molar-refractivity contribution in [3.8, 4) is 23.1 Å². The third-order valence-electron chi connectivity index (χ3n) is 2.14. The van der Waals surface area contributed by atoms with Crippen LogP contribution in [-0.4, -0.2) is 10.1 Å². The molecular weight excluding hydrogens is 207 g/mol. The van der Waals surface area contributed by atoms with Crippen LogP contribution in [0.2, 0.25) is 0 Å². The summed E-state index contributed by atoms with van der Waals surface area (Å²) in [4.78, 5) is 3.89. The summed E-state index contributed by atoms with van der Waals surface area (Å²) < 4.78 is 13.5. The standard InChI is InChI=1S/C12H7FN2O/c13-10-4-3-8(7-14)6-9(10)12-11(16)2-1-5-15-12/h1-6,16H. The molecule has 0 saturated heterocycles. The van der Waals surface area contributed by atoms with E-state index in [0.29, 0.717) is 5.56 Å². The molecule has 0 aliphatic heterocycles. The highest BCUT2D eigenvalue weighted by Crippen LogP contribution is 2.28. The molecule has 0 spiro atoms. The maximum Gasteiger partial charge on any atom is 0.141 e. The van der Waals surface area contributed by atoms with E-state index >= 15 is 0 Å². The van der Waals surface area contributed by atoms with Gasteiger partial charge in [-0.3, -0.25) is 4.98 Å². The fraction of sp³-hybridized carbons (Fsp3) is 0. The van der Waals surface area contributed by atoms with Crippen molar-refractivity contribution in [1.29, 1.82) is 5.26 Å². The minimum atomic E-state index is -0.520. The Bertz CT molecular complexity index is 575. The third-order valence-corrected chi connectivity index (χ3v) is 2.14. The molecule has 16 heavy (non-hydrogen) atoms. The summed E-state index contributed by atoms with van der Waals surface area (Å²) in [6.45, 7) is 0. The van der Waals surface area contributed by atoms with Crippen molar-refractivity contribution in [3.63, 3.8) is 0 Å². The third kappa shape index (κ3) is 1.71. The topological polar surface area (TPSA) is 56.9 Å². The van der Waals surface area contributed by atoms with Gasteiger partial charge in [-0.2, -0.15) is 5.26 Å². The van der Waals surface area contributed by atoms with E-state index in [1.807, 2.05) is 6.07 Å². The maximum absolute atomic E-state index is 13.5. The van der Waals surface area contributed by atoms with Gasteiger partial charge in [0.15, 0.2) is 0 Å². The fourth-order valence-corrected chi connectivity index (χ4v) is 1.38. The highest BCUT2D eigenvalue weighted by Gasteiger charge is 2.11. The maximum atomic E-state index is 13.5. The van der Waals surface area contributed by atoms with Crippen molar-refractivity contribution in [2.45, 2.75) is 0 Å². The van der Waals surface area contributed by atoms with E-state index in [-0.39, 0.29) is 17.0 Å². The molecular formula is C12H7FN2O. The molecule has 0 bridgehead atoms. The van der Waals surface area contributed by atoms with Crippen molar-refractivity contribution in [1.82, 2.24) is 4.98 Å². The van der Waals surface area contributed by atoms with Crippen molar-refractivity contribution in [2.24, 2.45) is 0 Å². The summed E-state index contributed by atoms with van der Waals surface area (Å²) >= 11 is 0. The molecule has 2 aromatic rings. The molecule has 3 nitrogen and oxygen atoms in total. The molecule has 1 aromatic heterocycles. The van der Waals surface area contributed by atoms with E-state index in [9.17, 15) is 9.50 Å². The Balaban J connectivity index is 2.65. The number of pyridine rings is 1. The summed E-state index contributed by atoms with van der Waals surface area (Å²) in [5.41, 5.74) is 0.579. The first-order valence-electron chi connectivity index (χ1n) is 4.56. The highest BCUT2D eigenvalue weighted by molar-refractivity contribution is 5.67. The van der Waals surface area contributed by atoms with Gasteiger partial charge in [-0.1, -0.05) is 0 Å². The Morgan fingerprint density at radius 1 is 1.31 bits per heavy atom. The van der Waals surface area contributed by atoms with Gasteiger partial charge in [0.2, 0.25) is 0 Å². The molecule has 4 heteroatoms. The van der Waals surface area contributed by atoms with Gasteiger partial charge in [-0.05, 0) is 30.3 Å². The normalized spacial score (nSPS) is 9.75. The lowest BCUT2D eigenvalue weighted by Gasteiger charge is -2.04. The molecule has 0 unspecified atom stereocenters. The molecule has 1 heterocycles.